The zero-order valence-corrected chi connectivity index (χ0v) is 58.1. The average molecular weight is 1200 g/mol. The highest BCUT2D eigenvalue weighted by molar-refractivity contribution is 7.18. The molecule has 0 saturated carbocycles. The second-order valence-electron chi connectivity index (χ2n) is 28.9. The summed E-state index contributed by atoms with van der Waals surface area (Å²) in [5.41, 5.74) is 14.1. The zero-order chi connectivity index (χ0) is 66.0. The number of nitrogens with zero attached hydrogens (tertiary/aromatic N) is 9. The molecule has 87 heavy (non-hydrogen) atoms. The van der Waals surface area contributed by atoms with Gasteiger partial charge in [-0.2, -0.15) is 8.78 Å². The Kier molecular flexibility index (Phi) is 26.5. The van der Waals surface area contributed by atoms with Crippen LogP contribution in [0.1, 0.15) is 234 Å². The second kappa shape index (κ2) is 31.1. The van der Waals surface area contributed by atoms with Crippen LogP contribution in [0.2, 0.25) is 0 Å². The Morgan fingerprint density at radius 3 is 1.54 bits per heavy atom. The molecule has 9 rings (SSSR count). The molecule has 0 fully saturated rings. The number of aromatic nitrogens is 10. The first-order valence-corrected chi connectivity index (χ1v) is 30.9. The molecule has 9 aromatic rings. The quantitative estimate of drug-likeness (QED) is 0.172. The lowest BCUT2D eigenvalue weighted by atomic mass is 9.91. The molecule has 0 radical (unpaired) electrons. The van der Waals surface area contributed by atoms with Crippen LogP contribution in [0.4, 0.5) is 8.78 Å². The summed E-state index contributed by atoms with van der Waals surface area (Å²) < 4.78 is 27.2. The predicted octanol–water partition coefficient (Wildman–Crippen LogP) is 19.7. The Hall–Kier alpha value is -7.17. The van der Waals surface area contributed by atoms with E-state index >= 15 is 0 Å². The summed E-state index contributed by atoms with van der Waals surface area (Å²) >= 11 is 1.79. The van der Waals surface area contributed by atoms with Gasteiger partial charge in [-0.1, -0.05) is 195 Å². The number of hydrogen-bond donors (Lipinski definition) is 1. The maximum Gasteiger partial charge on any atom is 0.286 e. The fraction of sp³-hybridized carbons (Fsp3) is 0.473. The van der Waals surface area contributed by atoms with Crippen molar-refractivity contribution in [2.75, 3.05) is 0 Å². The smallest absolute Gasteiger partial charge is 0.286 e. The number of aryl methyl sites for hydroxylation is 3. The third-order valence-electron chi connectivity index (χ3n) is 13.1. The average Bonchev–Trinajstić information content (AvgIpc) is 2.90. The van der Waals surface area contributed by atoms with Crippen molar-refractivity contribution in [1.82, 2.24) is 49.8 Å². The van der Waals surface area contributed by atoms with Gasteiger partial charge in [0.1, 0.15) is 12.0 Å². The van der Waals surface area contributed by atoms with Gasteiger partial charge in [-0.3, -0.25) is 29.9 Å². The number of H-pyrrole nitrogens is 1. The van der Waals surface area contributed by atoms with Crippen LogP contribution in [-0.4, -0.2) is 49.8 Å². The molecule has 0 atom stereocenters. The minimum atomic E-state index is -2.86. The highest BCUT2D eigenvalue weighted by atomic mass is 32.1. The molecular formula is C74H102F2N10S. The Bertz CT molecular complexity index is 3490. The van der Waals surface area contributed by atoms with Crippen molar-refractivity contribution >= 4 is 32.6 Å². The Morgan fingerprint density at radius 2 is 1.06 bits per heavy atom. The van der Waals surface area contributed by atoms with E-state index < -0.39 is 5.92 Å². The number of aromatic amines is 1. The summed E-state index contributed by atoms with van der Waals surface area (Å²) in [5, 5.41) is 1.22. The SMILES string of the molecule is C#Cc1ccnc(C(C)(C)C)c1.CC(C)(C)c1cccc(C(C)(F)F)n1.CC(C)(C)c1nc2ccccc2s1.CC(C)(C)c1ncnc2cc[nH]c12.CCc1ccc(C(C)(C)C)nc1.CCc1cccc(C(C)(C)C)n1.Cc1cncc(C(C)(C)C)n1. The van der Waals surface area contributed by atoms with Gasteiger partial charge < -0.3 is 4.98 Å². The summed E-state index contributed by atoms with van der Waals surface area (Å²) in [5.74, 6) is -0.260. The summed E-state index contributed by atoms with van der Waals surface area (Å²) in [7, 11) is 0. The van der Waals surface area contributed by atoms with Crippen molar-refractivity contribution in [1.29, 1.82) is 0 Å². The fourth-order valence-corrected chi connectivity index (χ4v) is 8.68. The van der Waals surface area contributed by atoms with E-state index in [1.54, 1.807) is 42.2 Å². The number of rotatable bonds is 3. The largest absolute Gasteiger partial charge is 0.358 e. The first-order valence-electron chi connectivity index (χ1n) is 30.1. The molecule has 0 aliphatic carbocycles. The third-order valence-corrected chi connectivity index (χ3v) is 14.6. The summed E-state index contributed by atoms with van der Waals surface area (Å²) in [4.78, 5) is 41.9. The number of alkyl halides is 2. The van der Waals surface area contributed by atoms with Crippen molar-refractivity contribution in [3.63, 3.8) is 0 Å². The van der Waals surface area contributed by atoms with Crippen molar-refractivity contribution < 1.29 is 8.78 Å². The fourth-order valence-electron chi connectivity index (χ4n) is 7.66. The molecule has 0 aliphatic heterocycles. The van der Waals surface area contributed by atoms with Crippen molar-refractivity contribution in [2.45, 2.75) is 230 Å². The van der Waals surface area contributed by atoms with E-state index in [1.165, 1.54) is 38.4 Å². The van der Waals surface area contributed by atoms with E-state index in [9.17, 15) is 8.78 Å². The van der Waals surface area contributed by atoms with Crippen LogP contribution in [0, 0.1) is 19.3 Å². The van der Waals surface area contributed by atoms with Gasteiger partial charge in [0.15, 0.2) is 0 Å². The molecule has 13 heteroatoms. The molecule has 0 saturated heterocycles. The van der Waals surface area contributed by atoms with Crippen LogP contribution >= 0.6 is 11.3 Å². The lowest BCUT2D eigenvalue weighted by Crippen LogP contribution is -2.17. The second-order valence-corrected chi connectivity index (χ2v) is 29.9. The van der Waals surface area contributed by atoms with Gasteiger partial charge in [-0.25, -0.2) is 15.0 Å². The topological polar surface area (TPSA) is 132 Å². The molecule has 0 unspecified atom stereocenters. The maximum atomic E-state index is 13.0. The number of nitrogens with one attached hydrogen (secondary N) is 1. The number of terminal acetylenes is 1. The van der Waals surface area contributed by atoms with Crippen LogP contribution in [0.15, 0.2) is 128 Å². The number of thiazole rings is 1. The Morgan fingerprint density at radius 1 is 0.483 bits per heavy atom. The maximum absolute atomic E-state index is 13.0. The van der Waals surface area contributed by atoms with E-state index in [2.05, 4.69) is 243 Å². The zero-order valence-electron chi connectivity index (χ0n) is 57.3. The molecule has 8 heterocycles. The number of benzene rings is 1. The van der Waals surface area contributed by atoms with Crippen LogP contribution < -0.4 is 0 Å². The molecule has 468 valence electrons. The lowest BCUT2D eigenvalue weighted by Gasteiger charge is -2.19. The van der Waals surface area contributed by atoms with Crippen molar-refractivity contribution in [3.05, 3.63) is 196 Å². The number of halogens is 2. The van der Waals surface area contributed by atoms with Crippen molar-refractivity contribution in [2.24, 2.45) is 0 Å². The lowest BCUT2D eigenvalue weighted by molar-refractivity contribution is 0.0124. The highest BCUT2D eigenvalue weighted by Gasteiger charge is 2.28. The summed E-state index contributed by atoms with van der Waals surface area (Å²) in [6.07, 6.45) is 18.2. The monoisotopic (exact) mass is 1200 g/mol. The normalized spacial score (nSPS) is 11.9. The van der Waals surface area contributed by atoms with Crippen LogP contribution in [0.5, 0.6) is 0 Å². The summed E-state index contributed by atoms with van der Waals surface area (Å²) in [6, 6.07) is 29.4. The summed E-state index contributed by atoms with van der Waals surface area (Å²) in [6.45, 7) is 51.9. The molecule has 1 N–H and O–H groups in total. The minimum absolute atomic E-state index is 0.0616. The van der Waals surface area contributed by atoms with Crippen molar-refractivity contribution in [3.8, 4) is 12.3 Å². The van der Waals surface area contributed by atoms with Gasteiger partial charge in [-0.05, 0) is 86.0 Å². The van der Waals surface area contributed by atoms with Crippen LogP contribution in [0.3, 0.4) is 0 Å². The predicted molar refractivity (Wildman–Crippen MR) is 364 cm³/mol. The number of pyridine rings is 4. The first kappa shape index (κ1) is 74.1. The molecular weight excluding hydrogens is 1100 g/mol. The Balaban J connectivity index is 0.000000266. The van der Waals surface area contributed by atoms with E-state index in [1.807, 2.05) is 70.6 Å². The molecule has 0 spiro atoms. The van der Waals surface area contributed by atoms with Gasteiger partial charge >= 0.3 is 0 Å². The van der Waals surface area contributed by atoms with Crippen LogP contribution in [0.25, 0.3) is 21.3 Å². The number of para-hydroxylation sites is 1. The number of fused-ring (bicyclic) bond motifs is 2. The van der Waals surface area contributed by atoms with Gasteiger partial charge in [0.25, 0.3) is 5.92 Å². The number of hydrogen-bond acceptors (Lipinski definition) is 10. The molecule has 0 amide bonds. The molecule has 1 aromatic carbocycles. The van der Waals surface area contributed by atoms with E-state index in [0.29, 0.717) is 5.69 Å². The Labute approximate surface area is 526 Å². The van der Waals surface area contributed by atoms with Crippen LogP contribution in [-0.2, 0) is 56.7 Å². The van der Waals surface area contributed by atoms with E-state index in [0.717, 1.165) is 64.7 Å². The minimum Gasteiger partial charge on any atom is -0.358 e. The van der Waals surface area contributed by atoms with Gasteiger partial charge in [-0.15, -0.1) is 17.8 Å². The third kappa shape index (κ3) is 25.2. The van der Waals surface area contributed by atoms with Gasteiger partial charge in [0, 0.05) is 110 Å². The van der Waals surface area contributed by atoms with E-state index in [-0.39, 0.29) is 43.6 Å². The van der Waals surface area contributed by atoms with E-state index in [4.69, 9.17) is 6.42 Å². The molecule has 0 aliphatic rings. The standard InChI is InChI=1S/C11H15F2N.C11H13NS.C11H13N.2C11H17N.C10H13N3.C9H14N2/c1-10(2,3)8-6-5-7-9(14-8)11(4,12)13;1-11(2,3)10-12-8-6-4-5-7-9(8)13-10;1-5-9-6-7-12-10(8-9)11(2,3)4;1-5-9-6-7-10(12-8-9)11(2,3)4;1-5-9-7-6-8-10(12-9)11(2,3)4;1-10(2,3)9-8-7(4-5-11-8)12-6-13-9;1-7-5-10-6-8(11-7)9(2,3)4/h5-7H,1-4H3;4-7H,1-3H3;1,6-8H,2-4H3;2*6-8H,5H2,1-4H3;4-6,11H,1-3H3;5-6H,1-4H3. The molecule has 0 bridgehead atoms. The molecule has 8 aromatic heterocycles. The van der Waals surface area contributed by atoms with Gasteiger partial charge in [0.05, 0.1) is 43.3 Å². The van der Waals surface area contributed by atoms with Gasteiger partial charge in [0.2, 0.25) is 0 Å². The first-order chi connectivity index (χ1) is 40.0. The highest BCUT2D eigenvalue weighted by Crippen LogP contribution is 2.32. The molecule has 10 nitrogen and oxygen atoms in total.